The van der Waals surface area contributed by atoms with Crippen LogP contribution in [0.25, 0.3) is 11.0 Å². The third kappa shape index (κ3) is 1.88. The lowest BCUT2D eigenvalue weighted by atomic mass is 9.94. The van der Waals surface area contributed by atoms with Gasteiger partial charge in [0.05, 0.1) is 23.8 Å². The highest BCUT2D eigenvalue weighted by Gasteiger charge is 2.40. The molecule has 0 spiro atoms. The van der Waals surface area contributed by atoms with Gasteiger partial charge in [-0.1, -0.05) is 6.07 Å². The molecule has 5 heteroatoms. The molecule has 1 aromatic carbocycles. The minimum atomic E-state index is -0.111. The molecule has 1 aromatic heterocycles. The molecule has 2 heterocycles. The van der Waals surface area contributed by atoms with Crippen LogP contribution in [0.15, 0.2) is 18.2 Å². The van der Waals surface area contributed by atoms with Crippen molar-refractivity contribution in [1.82, 2.24) is 9.55 Å². The molecule has 0 radical (unpaired) electrons. The van der Waals surface area contributed by atoms with Crippen LogP contribution in [0.5, 0.6) is 5.75 Å². The SMILES string of the molecule is CCOc1cccc2c1[nH]c(=S)n2C1(C)CCOC1C. The van der Waals surface area contributed by atoms with Gasteiger partial charge in [-0.15, -0.1) is 0 Å². The quantitative estimate of drug-likeness (QED) is 0.878. The normalized spacial score (nSPS) is 26.2. The Hall–Kier alpha value is -1.33. The van der Waals surface area contributed by atoms with E-state index in [2.05, 4.69) is 29.5 Å². The van der Waals surface area contributed by atoms with Crippen molar-refractivity contribution in [1.29, 1.82) is 0 Å². The summed E-state index contributed by atoms with van der Waals surface area (Å²) >= 11 is 5.55. The molecular weight excluding hydrogens is 272 g/mol. The van der Waals surface area contributed by atoms with E-state index in [1.54, 1.807) is 0 Å². The minimum Gasteiger partial charge on any atom is -0.492 e. The number of aromatic amines is 1. The third-order valence-corrected chi connectivity index (χ3v) is 4.63. The van der Waals surface area contributed by atoms with Gasteiger partial charge in [0, 0.05) is 6.61 Å². The van der Waals surface area contributed by atoms with Crippen LogP contribution in [-0.4, -0.2) is 28.9 Å². The molecule has 2 aromatic rings. The molecule has 1 N–H and O–H groups in total. The molecule has 0 bridgehead atoms. The van der Waals surface area contributed by atoms with Crippen LogP contribution >= 0.6 is 12.2 Å². The van der Waals surface area contributed by atoms with Crippen LogP contribution in [0, 0.1) is 4.77 Å². The summed E-state index contributed by atoms with van der Waals surface area (Å²) < 4.78 is 14.4. The predicted molar refractivity (Wildman–Crippen MR) is 82.0 cm³/mol. The predicted octanol–water partition coefficient (Wildman–Crippen LogP) is 3.62. The minimum absolute atomic E-state index is 0.111. The van der Waals surface area contributed by atoms with E-state index in [9.17, 15) is 0 Å². The highest BCUT2D eigenvalue weighted by atomic mass is 32.1. The van der Waals surface area contributed by atoms with Crippen molar-refractivity contribution in [3.8, 4) is 5.75 Å². The van der Waals surface area contributed by atoms with Crippen molar-refractivity contribution in [2.45, 2.75) is 38.8 Å². The summed E-state index contributed by atoms with van der Waals surface area (Å²) in [5.74, 6) is 0.852. The van der Waals surface area contributed by atoms with E-state index in [4.69, 9.17) is 21.7 Å². The number of ether oxygens (including phenoxy) is 2. The van der Waals surface area contributed by atoms with Gasteiger partial charge in [0.25, 0.3) is 0 Å². The summed E-state index contributed by atoms with van der Waals surface area (Å²) in [6.07, 6.45) is 1.11. The molecule has 0 aliphatic carbocycles. The van der Waals surface area contributed by atoms with E-state index >= 15 is 0 Å². The Kier molecular flexibility index (Phi) is 3.34. The van der Waals surface area contributed by atoms with Crippen molar-refractivity contribution >= 4 is 23.3 Å². The molecule has 1 saturated heterocycles. The number of H-pyrrole nitrogens is 1. The summed E-state index contributed by atoms with van der Waals surface area (Å²) in [5.41, 5.74) is 1.95. The van der Waals surface area contributed by atoms with E-state index in [1.807, 2.05) is 19.1 Å². The number of imidazole rings is 1. The number of nitrogens with zero attached hydrogens (tertiary/aromatic N) is 1. The smallest absolute Gasteiger partial charge is 0.178 e. The van der Waals surface area contributed by atoms with Gasteiger partial charge in [0.2, 0.25) is 0 Å². The Bertz CT molecular complexity index is 691. The van der Waals surface area contributed by atoms with E-state index in [0.29, 0.717) is 6.61 Å². The first-order valence-corrected chi connectivity index (χ1v) is 7.47. The summed E-state index contributed by atoms with van der Waals surface area (Å²) in [6.45, 7) is 7.72. The maximum Gasteiger partial charge on any atom is 0.178 e. The number of para-hydroxylation sites is 1. The zero-order valence-electron chi connectivity index (χ0n) is 12.1. The Morgan fingerprint density at radius 2 is 2.35 bits per heavy atom. The van der Waals surface area contributed by atoms with Crippen LogP contribution in [0.3, 0.4) is 0 Å². The van der Waals surface area contributed by atoms with Gasteiger partial charge in [0.15, 0.2) is 4.77 Å². The van der Waals surface area contributed by atoms with E-state index < -0.39 is 0 Å². The zero-order valence-corrected chi connectivity index (χ0v) is 12.9. The highest BCUT2D eigenvalue weighted by molar-refractivity contribution is 7.71. The number of aromatic nitrogens is 2. The molecule has 1 aliphatic rings. The summed E-state index contributed by atoms with van der Waals surface area (Å²) in [6, 6.07) is 6.06. The second-order valence-electron chi connectivity index (χ2n) is 5.47. The topological polar surface area (TPSA) is 39.2 Å². The molecule has 2 atom stereocenters. The van der Waals surface area contributed by atoms with Gasteiger partial charge in [-0.05, 0) is 51.5 Å². The van der Waals surface area contributed by atoms with Crippen molar-refractivity contribution in [3.63, 3.8) is 0 Å². The van der Waals surface area contributed by atoms with Gasteiger partial charge < -0.3 is 19.0 Å². The van der Waals surface area contributed by atoms with Gasteiger partial charge in [0.1, 0.15) is 11.3 Å². The van der Waals surface area contributed by atoms with E-state index in [0.717, 1.165) is 34.6 Å². The Morgan fingerprint density at radius 1 is 1.55 bits per heavy atom. The second kappa shape index (κ2) is 4.90. The summed E-state index contributed by atoms with van der Waals surface area (Å²) in [7, 11) is 0. The maximum atomic E-state index is 5.76. The number of benzene rings is 1. The Labute approximate surface area is 123 Å². The standard InChI is InChI=1S/C15H20N2O2S/c1-4-18-12-7-5-6-11-13(12)16-14(20)17(11)15(3)8-9-19-10(15)2/h5-7,10H,4,8-9H2,1-3H3,(H,16,20). The van der Waals surface area contributed by atoms with Crippen LogP contribution in [0.1, 0.15) is 27.2 Å². The number of hydrogen-bond donors (Lipinski definition) is 1. The lowest BCUT2D eigenvalue weighted by Crippen LogP contribution is -2.36. The lowest BCUT2D eigenvalue weighted by Gasteiger charge is -2.30. The largest absolute Gasteiger partial charge is 0.492 e. The molecule has 20 heavy (non-hydrogen) atoms. The second-order valence-corrected chi connectivity index (χ2v) is 5.86. The number of nitrogens with one attached hydrogen (secondary N) is 1. The average Bonchev–Trinajstić information content (AvgIpc) is 2.92. The van der Waals surface area contributed by atoms with Crippen LogP contribution in [0.4, 0.5) is 0 Å². The van der Waals surface area contributed by atoms with Crippen LogP contribution in [-0.2, 0) is 10.3 Å². The van der Waals surface area contributed by atoms with Gasteiger partial charge in [-0.2, -0.15) is 0 Å². The van der Waals surface area contributed by atoms with Gasteiger partial charge in [-0.3, -0.25) is 0 Å². The average molecular weight is 292 g/mol. The molecule has 1 fully saturated rings. The first-order valence-electron chi connectivity index (χ1n) is 7.06. The van der Waals surface area contributed by atoms with Crippen LogP contribution in [0.2, 0.25) is 0 Å². The lowest BCUT2D eigenvalue weighted by molar-refractivity contribution is 0.0770. The Morgan fingerprint density at radius 3 is 3.00 bits per heavy atom. The van der Waals surface area contributed by atoms with Crippen molar-refractivity contribution in [3.05, 3.63) is 23.0 Å². The van der Waals surface area contributed by atoms with Crippen molar-refractivity contribution < 1.29 is 9.47 Å². The molecule has 1 aliphatic heterocycles. The molecule has 2 unspecified atom stereocenters. The molecule has 0 amide bonds. The maximum absolute atomic E-state index is 5.76. The third-order valence-electron chi connectivity index (χ3n) is 4.34. The fourth-order valence-electron chi connectivity index (χ4n) is 3.01. The molecule has 108 valence electrons. The summed E-state index contributed by atoms with van der Waals surface area (Å²) in [4.78, 5) is 3.30. The molecule has 0 saturated carbocycles. The monoisotopic (exact) mass is 292 g/mol. The van der Waals surface area contributed by atoms with Crippen LogP contribution < -0.4 is 4.74 Å². The van der Waals surface area contributed by atoms with Gasteiger partial charge in [-0.25, -0.2) is 0 Å². The number of fused-ring (bicyclic) bond motifs is 1. The first kappa shape index (κ1) is 13.6. The fourth-order valence-corrected chi connectivity index (χ4v) is 3.41. The van der Waals surface area contributed by atoms with E-state index in [1.165, 1.54) is 0 Å². The van der Waals surface area contributed by atoms with Crippen molar-refractivity contribution in [2.75, 3.05) is 13.2 Å². The van der Waals surface area contributed by atoms with Gasteiger partial charge >= 0.3 is 0 Å². The fraction of sp³-hybridized carbons (Fsp3) is 0.533. The number of rotatable bonds is 3. The first-order chi connectivity index (χ1) is 9.58. The molecular formula is C15H20N2O2S. The molecule has 4 nitrogen and oxygen atoms in total. The summed E-state index contributed by atoms with van der Waals surface area (Å²) in [5, 5.41) is 0. The number of hydrogen-bond acceptors (Lipinski definition) is 3. The highest BCUT2D eigenvalue weighted by Crippen LogP contribution is 2.37. The zero-order chi connectivity index (χ0) is 14.3. The Balaban J connectivity index is 2.24. The van der Waals surface area contributed by atoms with E-state index in [-0.39, 0.29) is 11.6 Å². The van der Waals surface area contributed by atoms with Crippen molar-refractivity contribution in [2.24, 2.45) is 0 Å². The molecule has 3 rings (SSSR count).